The van der Waals surface area contributed by atoms with Crippen LogP contribution < -0.4 is 0 Å². The van der Waals surface area contributed by atoms with Gasteiger partial charge in [0.05, 0.1) is 5.69 Å². The van der Waals surface area contributed by atoms with E-state index in [9.17, 15) is 4.79 Å². The van der Waals surface area contributed by atoms with Crippen LogP contribution in [0, 0.1) is 0 Å². The number of halogens is 1. The molecule has 0 saturated heterocycles. The van der Waals surface area contributed by atoms with E-state index in [1.165, 1.54) is 6.92 Å². The van der Waals surface area contributed by atoms with E-state index in [0.717, 1.165) is 12.1 Å². The Balaban J connectivity index is 3.05. The zero-order valence-corrected chi connectivity index (χ0v) is 7.20. The Morgan fingerprint density at radius 2 is 2.36 bits per heavy atom. The number of aromatic nitrogens is 2. The molecule has 1 rings (SSSR count). The van der Waals surface area contributed by atoms with Crippen LogP contribution in [-0.2, 0) is 6.42 Å². The van der Waals surface area contributed by atoms with E-state index < -0.39 is 0 Å². The smallest absolute Gasteiger partial charge is 0.195 e. The molecule has 0 amide bonds. The molecule has 60 valence electrons. The second-order valence-corrected chi connectivity index (χ2v) is 2.62. The van der Waals surface area contributed by atoms with Crippen molar-refractivity contribution in [2.45, 2.75) is 20.3 Å². The van der Waals surface area contributed by atoms with Crippen molar-refractivity contribution in [3.8, 4) is 0 Å². The average molecular weight is 173 g/mol. The van der Waals surface area contributed by atoms with Gasteiger partial charge >= 0.3 is 0 Å². The maximum atomic E-state index is 10.8. The van der Waals surface area contributed by atoms with Crippen molar-refractivity contribution in [1.29, 1.82) is 0 Å². The number of Topliss-reactive ketones (excluding diaryl/α,β-unsaturated/α-hetero) is 1. The minimum Gasteiger partial charge on any atom is -0.338 e. The number of nitrogens with zero attached hydrogens (tertiary/aromatic N) is 1. The lowest BCUT2D eigenvalue weighted by Gasteiger charge is -1.86. The predicted molar refractivity (Wildman–Crippen MR) is 43.0 cm³/mol. The maximum Gasteiger partial charge on any atom is 0.195 e. The fourth-order valence-corrected chi connectivity index (χ4v) is 1.05. The Morgan fingerprint density at radius 1 is 1.73 bits per heavy atom. The van der Waals surface area contributed by atoms with Crippen molar-refractivity contribution < 1.29 is 4.79 Å². The Morgan fingerprint density at radius 3 is 2.64 bits per heavy atom. The van der Waals surface area contributed by atoms with E-state index in [2.05, 4.69) is 9.97 Å². The van der Waals surface area contributed by atoms with E-state index >= 15 is 0 Å². The summed E-state index contributed by atoms with van der Waals surface area (Å²) in [5, 5.41) is 0.401. The van der Waals surface area contributed by atoms with Gasteiger partial charge in [0.25, 0.3) is 0 Å². The van der Waals surface area contributed by atoms with Gasteiger partial charge in [-0.1, -0.05) is 18.5 Å². The van der Waals surface area contributed by atoms with Gasteiger partial charge in [0.2, 0.25) is 0 Å². The summed E-state index contributed by atoms with van der Waals surface area (Å²) in [7, 11) is 0. The molecule has 0 saturated carbocycles. The molecule has 1 aromatic rings. The molecule has 1 N–H and O–H groups in total. The van der Waals surface area contributed by atoms with Gasteiger partial charge in [0.15, 0.2) is 16.8 Å². The fraction of sp³-hybridized carbons (Fsp3) is 0.429. The summed E-state index contributed by atoms with van der Waals surface area (Å²) in [6.45, 7) is 3.40. The van der Waals surface area contributed by atoms with Gasteiger partial charge in [-0.05, 0) is 6.42 Å². The number of ketones is 1. The summed E-state index contributed by atoms with van der Waals surface area (Å²) < 4.78 is 0. The molecule has 1 aromatic heterocycles. The number of aromatic amines is 1. The molecule has 0 unspecified atom stereocenters. The van der Waals surface area contributed by atoms with Crippen LogP contribution in [0.15, 0.2) is 0 Å². The number of hydrogen-bond acceptors (Lipinski definition) is 2. The van der Waals surface area contributed by atoms with E-state index in [-0.39, 0.29) is 5.78 Å². The normalized spacial score (nSPS) is 10.1. The van der Waals surface area contributed by atoms with Crippen molar-refractivity contribution in [2.75, 3.05) is 0 Å². The number of carbonyl (C=O) groups excluding carboxylic acids is 1. The third-order valence-electron chi connectivity index (χ3n) is 1.42. The van der Waals surface area contributed by atoms with Gasteiger partial charge in [-0.2, -0.15) is 0 Å². The zero-order valence-electron chi connectivity index (χ0n) is 6.44. The molecule has 4 heteroatoms. The first-order valence-electron chi connectivity index (χ1n) is 3.40. The van der Waals surface area contributed by atoms with Crippen LogP contribution in [0.5, 0.6) is 0 Å². The first-order valence-corrected chi connectivity index (χ1v) is 3.78. The molecule has 0 radical (unpaired) electrons. The van der Waals surface area contributed by atoms with E-state index in [1.54, 1.807) is 0 Å². The van der Waals surface area contributed by atoms with Crippen LogP contribution in [-0.4, -0.2) is 15.8 Å². The van der Waals surface area contributed by atoms with Gasteiger partial charge in [-0.15, -0.1) is 0 Å². The van der Waals surface area contributed by atoms with Crippen molar-refractivity contribution in [3.05, 3.63) is 16.7 Å². The minimum absolute atomic E-state index is 0.0911. The summed E-state index contributed by atoms with van der Waals surface area (Å²) in [4.78, 5) is 17.5. The largest absolute Gasteiger partial charge is 0.338 e. The predicted octanol–water partition coefficient (Wildman–Crippen LogP) is 1.83. The SMILES string of the molecule is CCc1[nH]c(C(C)=O)nc1Cl. The lowest BCUT2D eigenvalue weighted by Crippen LogP contribution is -1.94. The van der Waals surface area contributed by atoms with Crippen LogP contribution in [0.3, 0.4) is 0 Å². The van der Waals surface area contributed by atoms with Crippen LogP contribution in [0.1, 0.15) is 30.2 Å². The van der Waals surface area contributed by atoms with Gasteiger partial charge in [0.1, 0.15) is 0 Å². The number of nitrogens with one attached hydrogen (secondary N) is 1. The molecule has 1 heterocycles. The van der Waals surface area contributed by atoms with Crippen molar-refractivity contribution in [1.82, 2.24) is 9.97 Å². The lowest BCUT2D eigenvalue weighted by molar-refractivity contribution is 0.100. The average Bonchev–Trinajstić information content (AvgIpc) is 2.31. The Bertz CT molecular complexity index is 280. The minimum atomic E-state index is -0.0911. The van der Waals surface area contributed by atoms with E-state index in [4.69, 9.17) is 11.6 Å². The molecule has 0 aliphatic heterocycles. The summed E-state index contributed by atoms with van der Waals surface area (Å²) in [5.41, 5.74) is 0.817. The maximum absolute atomic E-state index is 10.8. The molecule has 11 heavy (non-hydrogen) atoms. The van der Waals surface area contributed by atoms with Gasteiger partial charge in [-0.25, -0.2) is 4.98 Å². The lowest BCUT2D eigenvalue weighted by atomic mass is 10.4. The quantitative estimate of drug-likeness (QED) is 0.692. The highest BCUT2D eigenvalue weighted by Gasteiger charge is 2.08. The Labute approximate surface area is 69.8 Å². The molecule has 0 atom stereocenters. The number of rotatable bonds is 2. The highest BCUT2D eigenvalue weighted by molar-refractivity contribution is 6.30. The van der Waals surface area contributed by atoms with Crippen LogP contribution in [0.25, 0.3) is 0 Å². The molecule has 0 aromatic carbocycles. The van der Waals surface area contributed by atoms with Gasteiger partial charge in [0, 0.05) is 6.92 Å². The summed E-state index contributed by atoms with van der Waals surface area (Å²) in [6, 6.07) is 0. The van der Waals surface area contributed by atoms with Crippen molar-refractivity contribution in [3.63, 3.8) is 0 Å². The summed E-state index contributed by atoms with van der Waals surface area (Å²) in [6.07, 6.45) is 0.763. The summed E-state index contributed by atoms with van der Waals surface area (Å²) in [5.74, 6) is 0.249. The molecular formula is C7H9ClN2O. The second kappa shape index (κ2) is 3.05. The summed E-state index contributed by atoms with van der Waals surface area (Å²) >= 11 is 5.69. The number of carbonyl (C=O) groups is 1. The molecule has 0 aliphatic carbocycles. The monoisotopic (exact) mass is 172 g/mol. The fourth-order valence-electron chi connectivity index (χ4n) is 0.789. The topological polar surface area (TPSA) is 45.8 Å². The third kappa shape index (κ3) is 1.60. The highest BCUT2D eigenvalue weighted by atomic mass is 35.5. The first kappa shape index (κ1) is 8.27. The van der Waals surface area contributed by atoms with E-state index in [1.807, 2.05) is 6.92 Å². The Kier molecular flexibility index (Phi) is 2.29. The highest BCUT2D eigenvalue weighted by Crippen LogP contribution is 2.12. The van der Waals surface area contributed by atoms with Gasteiger partial charge in [-0.3, -0.25) is 4.79 Å². The zero-order chi connectivity index (χ0) is 8.43. The molecular weight excluding hydrogens is 164 g/mol. The van der Waals surface area contributed by atoms with Crippen molar-refractivity contribution >= 4 is 17.4 Å². The number of hydrogen-bond donors (Lipinski definition) is 1. The van der Waals surface area contributed by atoms with Crippen LogP contribution >= 0.6 is 11.6 Å². The van der Waals surface area contributed by atoms with E-state index in [0.29, 0.717) is 11.0 Å². The number of imidazole rings is 1. The number of H-pyrrole nitrogens is 1. The molecule has 3 nitrogen and oxygen atoms in total. The van der Waals surface area contributed by atoms with Crippen LogP contribution in [0.4, 0.5) is 0 Å². The Hall–Kier alpha value is -0.830. The van der Waals surface area contributed by atoms with Crippen molar-refractivity contribution in [2.24, 2.45) is 0 Å². The third-order valence-corrected chi connectivity index (χ3v) is 1.73. The standard InChI is InChI=1S/C7H9ClN2O/c1-3-5-6(8)10-7(9-5)4(2)11/h3H2,1-2H3,(H,9,10). The second-order valence-electron chi connectivity index (χ2n) is 2.26. The number of aryl methyl sites for hydroxylation is 1. The molecule has 0 aliphatic rings. The molecule has 0 fully saturated rings. The van der Waals surface area contributed by atoms with Crippen LogP contribution in [0.2, 0.25) is 5.15 Å². The molecule has 0 spiro atoms. The first-order chi connectivity index (χ1) is 5.15. The van der Waals surface area contributed by atoms with Gasteiger partial charge < -0.3 is 4.98 Å². The molecule has 0 bridgehead atoms.